The summed E-state index contributed by atoms with van der Waals surface area (Å²) in [6.45, 7) is 4.52. The third-order valence-electron chi connectivity index (χ3n) is 2.75. The summed E-state index contributed by atoms with van der Waals surface area (Å²) in [5.74, 6) is 0.0421. The largest absolute Gasteiger partial charge is 0.340 e. The van der Waals surface area contributed by atoms with Crippen molar-refractivity contribution in [3.05, 3.63) is 35.6 Å². The zero-order valence-corrected chi connectivity index (χ0v) is 12.4. The van der Waals surface area contributed by atoms with Gasteiger partial charge in [-0.2, -0.15) is 0 Å². The van der Waals surface area contributed by atoms with Gasteiger partial charge in [-0.1, -0.05) is 26.0 Å². The first-order chi connectivity index (χ1) is 8.40. The van der Waals surface area contributed by atoms with Crippen molar-refractivity contribution in [1.82, 2.24) is 4.90 Å². The highest BCUT2D eigenvalue weighted by Gasteiger charge is 2.18. The summed E-state index contributed by atoms with van der Waals surface area (Å²) < 4.78 is 12.8. The van der Waals surface area contributed by atoms with E-state index in [9.17, 15) is 9.18 Å². The summed E-state index contributed by atoms with van der Waals surface area (Å²) in [6, 6.07) is 5.67. The molecule has 1 rings (SSSR count). The van der Waals surface area contributed by atoms with Crippen LogP contribution in [0.15, 0.2) is 24.3 Å². The summed E-state index contributed by atoms with van der Waals surface area (Å²) >= 11 is 0. The molecule has 0 aliphatic heterocycles. The highest BCUT2D eigenvalue weighted by molar-refractivity contribution is 5.85. The monoisotopic (exact) mass is 288 g/mol. The van der Waals surface area contributed by atoms with E-state index in [-0.39, 0.29) is 24.1 Å². The lowest BCUT2D eigenvalue weighted by atomic mass is 10.0. The Kier molecular flexibility index (Phi) is 7.64. The predicted octanol–water partition coefficient (Wildman–Crippen LogP) is 2.58. The van der Waals surface area contributed by atoms with Crippen molar-refractivity contribution in [3.8, 4) is 0 Å². The summed E-state index contributed by atoms with van der Waals surface area (Å²) in [5.41, 5.74) is 6.74. The first kappa shape index (κ1) is 17.9. The number of hydrogen-bond donors (Lipinski definition) is 1. The number of carbonyl (C=O) groups is 1. The number of benzene rings is 1. The second-order valence-corrected chi connectivity index (χ2v) is 5.06. The van der Waals surface area contributed by atoms with Crippen LogP contribution in [0.25, 0.3) is 0 Å². The first-order valence-corrected chi connectivity index (χ1v) is 6.15. The van der Waals surface area contributed by atoms with E-state index in [1.807, 2.05) is 13.8 Å². The molecule has 2 N–H and O–H groups in total. The fourth-order valence-corrected chi connectivity index (χ4v) is 1.83. The molecule has 0 saturated heterocycles. The van der Waals surface area contributed by atoms with Crippen LogP contribution in [-0.2, 0) is 11.3 Å². The molecule has 0 aromatic heterocycles. The summed E-state index contributed by atoms with van der Waals surface area (Å²) in [6.07, 6.45) is 0.673. The summed E-state index contributed by atoms with van der Waals surface area (Å²) in [7, 11) is 1.71. The van der Waals surface area contributed by atoms with Crippen molar-refractivity contribution in [2.75, 3.05) is 7.05 Å². The van der Waals surface area contributed by atoms with E-state index in [0.29, 0.717) is 18.9 Å². The molecule has 19 heavy (non-hydrogen) atoms. The minimum atomic E-state index is -0.463. The van der Waals surface area contributed by atoms with Gasteiger partial charge in [0.25, 0.3) is 0 Å². The lowest BCUT2D eigenvalue weighted by Crippen LogP contribution is -2.42. The minimum Gasteiger partial charge on any atom is -0.340 e. The van der Waals surface area contributed by atoms with Gasteiger partial charge < -0.3 is 10.6 Å². The van der Waals surface area contributed by atoms with Gasteiger partial charge in [-0.05, 0) is 30.0 Å². The Labute approximate surface area is 120 Å². The van der Waals surface area contributed by atoms with E-state index < -0.39 is 6.04 Å². The number of nitrogens with zero attached hydrogens (tertiary/aromatic N) is 1. The van der Waals surface area contributed by atoms with Gasteiger partial charge in [-0.3, -0.25) is 4.79 Å². The Hall–Kier alpha value is -1.13. The van der Waals surface area contributed by atoms with Crippen LogP contribution in [0.4, 0.5) is 4.39 Å². The van der Waals surface area contributed by atoms with Gasteiger partial charge >= 0.3 is 0 Å². The van der Waals surface area contributed by atoms with Crippen molar-refractivity contribution >= 4 is 18.3 Å². The zero-order valence-electron chi connectivity index (χ0n) is 11.6. The number of halogens is 2. The molecule has 108 valence electrons. The number of amides is 1. The maximum atomic E-state index is 12.8. The molecule has 0 heterocycles. The molecule has 0 saturated carbocycles. The smallest absolute Gasteiger partial charge is 0.239 e. The van der Waals surface area contributed by atoms with E-state index in [1.165, 1.54) is 12.1 Å². The van der Waals surface area contributed by atoms with Crippen LogP contribution < -0.4 is 5.73 Å². The van der Waals surface area contributed by atoms with Crippen LogP contribution in [0.2, 0.25) is 0 Å². The zero-order chi connectivity index (χ0) is 13.7. The van der Waals surface area contributed by atoms with Crippen LogP contribution in [0.5, 0.6) is 0 Å². The quantitative estimate of drug-likeness (QED) is 0.905. The molecule has 0 radical (unpaired) electrons. The molecule has 0 bridgehead atoms. The van der Waals surface area contributed by atoms with Crippen molar-refractivity contribution in [2.45, 2.75) is 32.9 Å². The normalized spacial score (nSPS) is 11.9. The Balaban J connectivity index is 0.00000324. The van der Waals surface area contributed by atoms with Crippen LogP contribution in [-0.4, -0.2) is 23.9 Å². The fourth-order valence-electron chi connectivity index (χ4n) is 1.83. The standard InChI is InChI=1S/C14H21FN2O.ClH/c1-10(2)8-13(16)14(18)17(3)9-11-4-6-12(15)7-5-11;/h4-7,10,13H,8-9,16H2,1-3H3;1H. The lowest BCUT2D eigenvalue weighted by molar-refractivity contribution is -0.132. The third-order valence-corrected chi connectivity index (χ3v) is 2.75. The molecule has 5 heteroatoms. The molecule has 3 nitrogen and oxygen atoms in total. The Morgan fingerprint density at radius 2 is 1.84 bits per heavy atom. The molecule has 1 atom stereocenters. The van der Waals surface area contributed by atoms with Gasteiger partial charge in [0, 0.05) is 13.6 Å². The molecular weight excluding hydrogens is 267 g/mol. The minimum absolute atomic E-state index is 0. The maximum Gasteiger partial charge on any atom is 0.239 e. The second kappa shape index (κ2) is 8.12. The maximum absolute atomic E-state index is 12.8. The number of hydrogen-bond acceptors (Lipinski definition) is 2. The van der Waals surface area contributed by atoms with Gasteiger partial charge in [-0.15, -0.1) is 12.4 Å². The van der Waals surface area contributed by atoms with Gasteiger partial charge in [0.1, 0.15) is 5.82 Å². The van der Waals surface area contributed by atoms with Gasteiger partial charge in [0.2, 0.25) is 5.91 Å². The molecular formula is C14H22ClFN2O. The topological polar surface area (TPSA) is 46.3 Å². The van der Waals surface area contributed by atoms with Crippen LogP contribution in [0.1, 0.15) is 25.8 Å². The molecule has 1 unspecified atom stereocenters. The Morgan fingerprint density at radius 1 is 1.32 bits per heavy atom. The van der Waals surface area contributed by atoms with E-state index in [1.54, 1.807) is 24.1 Å². The lowest BCUT2D eigenvalue weighted by Gasteiger charge is -2.22. The van der Waals surface area contributed by atoms with Crippen molar-refractivity contribution < 1.29 is 9.18 Å². The fraction of sp³-hybridized carbons (Fsp3) is 0.500. The average Bonchev–Trinajstić information content (AvgIpc) is 2.30. The SMILES string of the molecule is CC(C)CC(N)C(=O)N(C)Cc1ccc(F)cc1.Cl. The summed E-state index contributed by atoms with van der Waals surface area (Å²) in [4.78, 5) is 13.6. The molecule has 0 fully saturated rings. The van der Waals surface area contributed by atoms with Gasteiger partial charge in [-0.25, -0.2) is 4.39 Å². The van der Waals surface area contributed by atoms with Crippen molar-refractivity contribution in [2.24, 2.45) is 11.7 Å². The molecule has 0 aliphatic carbocycles. The van der Waals surface area contributed by atoms with Gasteiger partial charge in [0.05, 0.1) is 6.04 Å². The molecule has 0 aliphatic rings. The second-order valence-electron chi connectivity index (χ2n) is 5.06. The molecule has 1 amide bonds. The van der Waals surface area contributed by atoms with E-state index >= 15 is 0 Å². The van der Waals surface area contributed by atoms with Crippen molar-refractivity contribution in [3.63, 3.8) is 0 Å². The molecule has 0 spiro atoms. The van der Waals surface area contributed by atoms with Crippen LogP contribution in [0.3, 0.4) is 0 Å². The number of nitrogens with two attached hydrogens (primary N) is 1. The first-order valence-electron chi connectivity index (χ1n) is 6.15. The number of likely N-dealkylation sites (N-methyl/N-ethyl adjacent to an activating group) is 1. The Morgan fingerprint density at radius 3 is 2.32 bits per heavy atom. The summed E-state index contributed by atoms with van der Waals surface area (Å²) in [5, 5.41) is 0. The number of carbonyl (C=O) groups excluding carboxylic acids is 1. The molecule has 1 aromatic carbocycles. The van der Waals surface area contributed by atoms with E-state index in [4.69, 9.17) is 5.73 Å². The van der Waals surface area contributed by atoms with Crippen LogP contribution >= 0.6 is 12.4 Å². The van der Waals surface area contributed by atoms with E-state index in [2.05, 4.69) is 0 Å². The van der Waals surface area contributed by atoms with Crippen LogP contribution in [0, 0.1) is 11.7 Å². The number of rotatable bonds is 5. The average molecular weight is 289 g/mol. The third kappa shape index (κ3) is 6.03. The molecule has 1 aromatic rings. The van der Waals surface area contributed by atoms with Gasteiger partial charge in [0.15, 0.2) is 0 Å². The highest BCUT2D eigenvalue weighted by atomic mass is 35.5. The predicted molar refractivity (Wildman–Crippen MR) is 77.6 cm³/mol. The Bertz CT molecular complexity index is 395. The van der Waals surface area contributed by atoms with E-state index in [0.717, 1.165) is 5.56 Å². The highest BCUT2D eigenvalue weighted by Crippen LogP contribution is 2.09. The van der Waals surface area contributed by atoms with Crippen molar-refractivity contribution in [1.29, 1.82) is 0 Å².